The third kappa shape index (κ3) is 2.68. The van der Waals surface area contributed by atoms with Crippen LogP contribution in [-0.2, 0) is 4.79 Å². The Labute approximate surface area is 112 Å². The number of nitrogens with zero attached hydrogens (tertiary/aromatic N) is 1. The van der Waals surface area contributed by atoms with E-state index in [1.165, 1.54) is 18.3 Å². The van der Waals surface area contributed by atoms with Crippen LogP contribution in [0.1, 0.15) is 30.9 Å². The van der Waals surface area contributed by atoms with Gasteiger partial charge in [-0.1, -0.05) is 11.6 Å². The molecule has 0 amide bonds. The van der Waals surface area contributed by atoms with Gasteiger partial charge in [0.25, 0.3) is 0 Å². The van der Waals surface area contributed by atoms with Crippen LogP contribution in [-0.4, -0.2) is 22.2 Å². The number of aliphatic carboxylic acids is 1. The highest BCUT2D eigenvalue weighted by molar-refractivity contribution is 6.30. The fraction of sp³-hybridized carbons (Fsp3) is 0.500. The number of carboxylic acids is 1. The van der Waals surface area contributed by atoms with Gasteiger partial charge in [0.1, 0.15) is 0 Å². The van der Waals surface area contributed by atoms with Crippen molar-refractivity contribution in [1.29, 1.82) is 0 Å². The van der Waals surface area contributed by atoms with E-state index >= 15 is 0 Å². The number of halogens is 4. The normalized spacial score (nSPS) is 18.9. The molecule has 1 saturated carbocycles. The van der Waals surface area contributed by atoms with E-state index in [1.807, 2.05) is 0 Å². The quantitative estimate of drug-likeness (QED) is 0.922. The van der Waals surface area contributed by atoms with Gasteiger partial charge < -0.3 is 5.11 Å². The number of alkyl halides is 3. The molecule has 1 aliphatic carbocycles. The van der Waals surface area contributed by atoms with E-state index < -0.39 is 29.9 Å². The maximum Gasteiger partial charge on any atom is 0.395 e. The van der Waals surface area contributed by atoms with Crippen molar-refractivity contribution in [3.63, 3.8) is 0 Å². The number of hydrogen-bond donors (Lipinski definition) is 1. The molecule has 104 valence electrons. The van der Waals surface area contributed by atoms with Crippen LogP contribution < -0.4 is 0 Å². The molecular weight excluding hydrogens is 283 g/mol. The lowest BCUT2D eigenvalue weighted by Crippen LogP contribution is -2.32. The largest absolute Gasteiger partial charge is 0.481 e. The zero-order chi connectivity index (χ0) is 14.3. The Morgan fingerprint density at radius 2 is 2.11 bits per heavy atom. The van der Waals surface area contributed by atoms with Gasteiger partial charge in [0, 0.05) is 17.8 Å². The van der Waals surface area contributed by atoms with E-state index in [0.29, 0.717) is 5.02 Å². The minimum atomic E-state index is -4.42. The van der Waals surface area contributed by atoms with Crippen LogP contribution in [0.5, 0.6) is 0 Å². The summed E-state index contributed by atoms with van der Waals surface area (Å²) in [6, 6.07) is 2.78. The Morgan fingerprint density at radius 3 is 2.47 bits per heavy atom. The number of carbonyl (C=O) groups is 1. The van der Waals surface area contributed by atoms with Crippen molar-refractivity contribution in [3.8, 4) is 0 Å². The molecule has 1 fully saturated rings. The second-order valence-electron chi connectivity index (χ2n) is 4.71. The number of carboxylic acid groups (broad SMARTS) is 1. The van der Waals surface area contributed by atoms with Crippen molar-refractivity contribution >= 4 is 17.6 Å². The van der Waals surface area contributed by atoms with E-state index in [1.54, 1.807) is 0 Å². The number of aromatic nitrogens is 1. The van der Waals surface area contributed by atoms with E-state index in [0.717, 1.165) is 0 Å². The molecule has 1 aromatic rings. The topological polar surface area (TPSA) is 50.2 Å². The smallest absolute Gasteiger partial charge is 0.395 e. The van der Waals surface area contributed by atoms with E-state index in [9.17, 15) is 18.0 Å². The van der Waals surface area contributed by atoms with E-state index in [-0.39, 0.29) is 18.5 Å². The maximum absolute atomic E-state index is 13.1. The zero-order valence-electron chi connectivity index (χ0n) is 9.75. The Balaban J connectivity index is 2.37. The number of rotatable bonds is 4. The van der Waals surface area contributed by atoms with Gasteiger partial charge in [-0.3, -0.25) is 9.78 Å². The first-order valence-electron chi connectivity index (χ1n) is 5.66. The van der Waals surface area contributed by atoms with Crippen LogP contribution in [0.3, 0.4) is 0 Å². The minimum absolute atomic E-state index is 0.0568. The fourth-order valence-corrected chi connectivity index (χ4v) is 2.43. The summed E-state index contributed by atoms with van der Waals surface area (Å²) >= 11 is 5.64. The molecule has 1 aliphatic rings. The highest BCUT2D eigenvalue weighted by Crippen LogP contribution is 2.65. The SMILES string of the molecule is O=C(O)C[C@@H](c1ccc(Cl)cn1)C1(C(F)(F)F)CC1. The van der Waals surface area contributed by atoms with Gasteiger partial charge in [0.15, 0.2) is 0 Å². The monoisotopic (exact) mass is 293 g/mol. The molecule has 0 saturated heterocycles. The predicted molar refractivity (Wildman–Crippen MR) is 62.0 cm³/mol. The van der Waals surface area contributed by atoms with Gasteiger partial charge in [-0.15, -0.1) is 0 Å². The predicted octanol–water partition coefficient (Wildman–Crippen LogP) is 3.64. The lowest BCUT2D eigenvalue weighted by molar-refractivity contribution is -0.195. The molecule has 3 nitrogen and oxygen atoms in total. The molecule has 7 heteroatoms. The summed E-state index contributed by atoms with van der Waals surface area (Å²) in [6.45, 7) is 0. The molecule has 1 N–H and O–H groups in total. The first-order valence-corrected chi connectivity index (χ1v) is 6.04. The molecule has 0 spiro atoms. The Morgan fingerprint density at radius 1 is 1.47 bits per heavy atom. The fourth-order valence-electron chi connectivity index (χ4n) is 2.32. The second kappa shape index (κ2) is 4.67. The highest BCUT2D eigenvalue weighted by atomic mass is 35.5. The third-order valence-corrected chi connectivity index (χ3v) is 3.73. The summed E-state index contributed by atoms with van der Waals surface area (Å²) in [5.74, 6) is -2.43. The summed E-state index contributed by atoms with van der Waals surface area (Å²) in [7, 11) is 0. The Kier molecular flexibility index (Phi) is 3.47. The molecule has 1 aromatic heterocycles. The first kappa shape index (κ1) is 14.1. The van der Waals surface area contributed by atoms with Crippen molar-refractivity contribution in [2.75, 3.05) is 0 Å². The van der Waals surface area contributed by atoms with Gasteiger partial charge >= 0.3 is 12.1 Å². The summed E-state index contributed by atoms with van der Waals surface area (Å²) < 4.78 is 39.3. The molecule has 2 rings (SSSR count). The van der Waals surface area contributed by atoms with Crippen molar-refractivity contribution in [1.82, 2.24) is 4.98 Å². The Bertz CT molecular complexity index is 483. The molecule has 19 heavy (non-hydrogen) atoms. The van der Waals surface area contributed by atoms with Crippen molar-refractivity contribution in [3.05, 3.63) is 29.0 Å². The summed E-state index contributed by atoms with van der Waals surface area (Å²) in [4.78, 5) is 14.7. The average molecular weight is 294 g/mol. The summed E-state index contributed by atoms with van der Waals surface area (Å²) in [6.07, 6.45) is -3.89. The summed E-state index contributed by atoms with van der Waals surface area (Å²) in [5, 5.41) is 9.14. The first-order chi connectivity index (χ1) is 8.76. The van der Waals surface area contributed by atoms with Crippen molar-refractivity contribution in [2.45, 2.75) is 31.4 Å². The van der Waals surface area contributed by atoms with Crippen LogP contribution in [0.4, 0.5) is 13.2 Å². The number of hydrogen-bond acceptors (Lipinski definition) is 2. The molecule has 0 radical (unpaired) electrons. The molecule has 0 bridgehead atoms. The van der Waals surface area contributed by atoms with Crippen LogP contribution in [0.25, 0.3) is 0 Å². The van der Waals surface area contributed by atoms with Gasteiger partial charge in [-0.05, 0) is 25.0 Å². The van der Waals surface area contributed by atoms with Crippen molar-refractivity contribution in [2.24, 2.45) is 5.41 Å². The van der Waals surface area contributed by atoms with E-state index in [2.05, 4.69) is 4.98 Å². The maximum atomic E-state index is 13.1. The molecule has 0 aliphatic heterocycles. The van der Waals surface area contributed by atoms with Gasteiger partial charge in [-0.25, -0.2) is 0 Å². The Hall–Kier alpha value is -1.30. The van der Waals surface area contributed by atoms with Crippen LogP contribution >= 0.6 is 11.6 Å². The average Bonchev–Trinajstić information content (AvgIpc) is 3.07. The highest BCUT2D eigenvalue weighted by Gasteiger charge is 2.67. The van der Waals surface area contributed by atoms with E-state index in [4.69, 9.17) is 16.7 Å². The molecular formula is C12H11ClF3NO2. The lowest BCUT2D eigenvalue weighted by atomic mass is 9.82. The van der Waals surface area contributed by atoms with Crippen LogP contribution in [0, 0.1) is 5.41 Å². The van der Waals surface area contributed by atoms with Gasteiger partial charge in [0.2, 0.25) is 0 Å². The van der Waals surface area contributed by atoms with Crippen LogP contribution in [0.15, 0.2) is 18.3 Å². The lowest BCUT2D eigenvalue weighted by Gasteiger charge is -2.27. The molecule has 1 heterocycles. The van der Waals surface area contributed by atoms with Gasteiger partial charge in [0.05, 0.1) is 16.9 Å². The standard InChI is InChI=1S/C12H11ClF3NO2/c13-7-1-2-9(17-6-7)8(5-10(18)19)11(3-4-11)12(14,15)16/h1-2,6,8H,3-5H2,(H,18,19)/t8-/m0/s1. The van der Waals surface area contributed by atoms with Gasteiger partial charge in [-0.2, -0.15) is 13.2 Å². The molecule has 0 aromatic carbocycles. The molecule has 0 unspecified atom stereocenters. The summed E-state index contributed by atoms with van der Waals surface area (Å²) in [5.41, 5.74) is -1.83. The van der Waals surface area contributed by atoms with Crippen LogP contribution in [0.2, 0.25) is 5.02 Å². The molecule has 1 atom stereocenters. The zero-order valence-corrected chi connectivity index (χ0v) is 10.5. The number of pyridine rings is 1. The third-order valence-electron chi connectivity index (χ3n) is 3.51. The second-order valence-corrected chi connectivity index (χ2v) is 5.14. The minimum Gasteiger partial charge on any atom is -0.481 e. The van der Waals surface area contributed by atoms with Crippen molar-refractivity contribution < 1.29 is 23.1 Å².